The number of aromatic nitrogens is 1. The van der Waals surface area contributed by atoms with E-state index >= 15 is 0 Å². The van der Waals surface area contributed by atoms with Crippen molar-refractivity contribution in [2.24, 2.45) is 7.05 Å². The standard InChI is InChI=1S/C13H6Br2ClF4NO2/c1-21-10(13(18,19)20)9(14)8(11(21)15)5-2-4(12(22)23)6(16)3-7(5)17/h2-3H,1H3,(H,22,23). The van der Waals surface area contributed by atoms with E-state index in [2.05, 4.69) is 31.9 Å². The lowest BCUT2D eigenvalue weighted by Gasteiger charge is -2.08. The Morgan fingerprint density at radius 2 is 1.87 bits per heavy atom. The van der Waals surface area contributed by atoms with Crippen molar-refractivity contribution in [1.29, 1.82) is 0 Å². The van der Waals surface area contributed by atoms with Gasteiger partial charge in [0.25, 0.3) is 0 Å². The van der Waals surface area contributed by atoms with E-state index in [1.165, 1.54) is 0 Å². The van der Waals surface area contributed by atoms with E-state index in [4.69, 9.17) is 16.7 Å². The zero-order valence-corrected chi connectivity index (χ0v) is 15.0. The van der Waals surface area contributed by atoms with Gasteiger partial charge in [0.2, 0.25) is 0 Å². The first kappa shape index (κ1) is 18.3. The maximum Gasteiger partial charge on any atom is 0.432 e. The molecule has 0 atom stereocenters. The summed E-state index contributed by atoms with van der Waals surface area (Å²) >= 11 is 11.4. The van der Waals surface area contributed by atoms with Crippen LogP contribution < -0.4 is 0 Å². The number of alkyl halides is 3. The van der Waals surface area contributed by atoms with E-state index in [-0.39, 0.29) is 20.8 Å². The molecule has 23 heavy (non-hydrogen) atoms. The van der Waals surface area contributed by atoms with E-state index in [1.807, 2.05) is 0 Å². The molecule has 0 bridgehead atoms. The van der Waals surface area contributed by atoms with Gasteiger partial charge in [-0.05, 0) is 44.0 Å². The molecule has 0 radical (unpaired) electrons. The number of nitrogens with zero attached hydrogens (tertiary/aromatic N) is 1. The number of rotatable bonds is 2. The molecule has 0 aliphatic carbocycles. The van der Waals surface area contributed by atoms with Crippen LogP contribution >= 0.6 is 43.5 Å². The predicted octanol–water partition coefficient (Wildman–Crippen LogP) is 5.73. The molecule has 0 fully saturated rings. The van der Waals surface area contributed by atoms with Crippen molar-refractivity contribution in [3.8, 4) is 11.1 Å². The second-order valence-corrected chi connectivity index (χ2v) is 6.45. The Morgan fingerprint density at radius 3 is 2.30 bits per heavy atom. The molecule has 0 saturated heterocycles. The smallest absolute Gasteiger partial charge is 0.432 e. The van der Waals surface area contributed by atoms with Crippen molar-refractivity contribution in [2.75, 3.05) is 0 Å². The fourth-order valence-electron chi connectivity index (χ4n) is 2.07. The van der Waals surface area contributed by atoms with Crippen LogP contribution in [0.4, 0.5) is 17.6 Å². The zero-order chi connectivity index (χ0) is 17.7. The summed E-state index contributed by atoms with van der Waals surface area (Å²) in [5, 5.41) is 8.69. The van der Waals surface area contributed by atoms with Gasteiger partial charge in [-0.2, -0.15) is 13.2 Å². The van der Waals surface area contributed by atoms with Crippen LogP contribution in [0.3, 0.4) is 0 Å². The molecule has 1 aromatic heterocycles. The van der Waals surface area contributed by atoms with Gasteiger partial charge in [0, 0.05) is 18.2 Å². The summed E-state index contributed by atoms with van der Waals surface area (Å²) < 4.78 is 53.8. The van der Waals surface area contributed by atoms with Gasteiger partial charge >= 0.3 is 12.1 Å². The first-order chi connectivity index (χ1) is 10.5. The molecule has 0 aliphatic rings. The molecular formula is C13H6Br2ClF4NO2. The summed E-state index contributed by atoms with van der Waals surface area (Å²) in [6, 6.07) is 1.64. The Bertz CT molecular complexity index is 818. The molecule has 1 N–H and O–H groups in total. The van der Waals surface area contributed by atoms with Crippen LogP contribution in [0, 0.1) is 5.82 Å². The Labute approximate surface area is 149 Å². The molecule has 0 aliphatic heterocycles. The van der Waals surface area contributed by atoms with E-state index in [9.17, 15) is 22.4 Å². The number of carbonyl (C=O) groups is 1. The molecule has 3 nitrogen and oxygen atoms in total. The summed E-state index contributed by atoms with van der Waals surface area (Å²) in [4.78, 5) is 11.1. The van der Waals surface area contributed by atoms with Crippen LogP contribution in [0.5, 0.6) is 0 Å². The largest absolute Gasteiger partial charge is 0.478 e. The Morgan fingerprint density at radius 1 is 1.30 bits per heavy atom. The third-order valence-electron chi connectivity index (χ3n) is 3.09. The summed E-state index contributed by atoms with van der Waals surface area (Å²) in [6.07, 6.45) is -4.69. The van der Waals surface area contributed by atoms with Crippen LogP contribution in [0.2, 0.25) is 5.02 Å². The van der Waals surface area contributed by atoms with Gasteiger partial charge in [0.05, 0.1) is 19.7 Å². The monoisotopic (exact) mass is 477 g/mol. The van der Waals surface area contributed by atoms with Crippen molar-refractivity contribution >= 4 is 49.4 Å². The molecule has 0 amide bonds. The Balaban J connectivity index is 2.84. The van der Waals surface area contributed by atoms with Crippen molar-refractivity contribution in [3.63, 3.8) is 0 Å². The van der Waals surface area contributed by atoms with Gasteiger partial charge in [-0.15, -0.1) is 0 Å². The lowest BCUT2D eigenvalue weighted by atomic mass is 10.0. The Kier molecular flexibility index (Phi) is 4.85. The highest BCUT2D eigenvalue weighted by Gasteiger charge is 2.39. The van der Waals surface area contributed by atoms with Crippen LogP contribution in [0.25, 0.3) is 11.1 Å². The fourth-order valence-corrected chi connectivity index (χ4v) is 4.05. The molecule has 1 aromatic carbocycles. The molecule has 2 aromatic rings. The number of carboxylic acids is 1. The third kappa shape index (κ3) is 3.14. The molecule has 0 saturated carbocycles. The zero-order valence-electron chi connectivity index (χ0n) is 11.1. The predicted molar refractivity (Wildman–Crippen MR) is 83.2 cm³/mol. The second-order valence-electron chi connectivity index (χ2n) is 4.50. The van der Waals surface area contributed by atoms with Crippen LogP contribution in [-0.2, 0) is 13.2 Å². The minimum Gasteiger partial charge on any atom is -0.478 e. The van der Waals surface area contributed by atoms with Crippen molar-refractivity contribution < 1.29 is 27.5 Å². The highest BCUT2D eigenvalue weighted by Crippen LogP contribution is 2.46. The van der Waals surface area contributed by atoms with Crippen molar-refractivity contribution in [2.45, 2.75) is 6.18 Å². The van der Waals surface area contributed by atoms with Gasteiger partial charge in [0.15, 0.2) is 0 Å². The van der Waals surface area contributed by atoms with E-state index in [0.717, 1.165) is 23.7 Å². The maximum absolute atomic E-state index is 14.2. The average molecular weight is 479 g/mol. The Hall–Kier alpha value is -1.06. The lowest BCUT2D eigenvalue weighted by molar-refractivity contribution is -0.143. The van der Waals surface area contributed by atoms with Gasteiger partial charge < -0.3 is 9.67 Å². The highest BCUT2D eigenvalue weighted by molar-refractivity contribution is 9.11. The number of carboxylic acid groups (broad SMARTS) is 1. The van der Waals surface area contributed by atoms with E-state index in [0.29, 0.717) is 0 Å². The number of benzene rings is 1. The topological polar surface area (TPSA) is 42.2 Å². The van der Waals surface area contributed by atoms with E-state index in [1.54, 1.807) is 0 Å². The minimum atomic E-state index is -4.69. The first-order valence-electron chi connectivity index (χ1n) is 5.80. The van der Waals surface area contributed by atoms with Gasteiger partial charge in [-0.1, -0.05) is 11.6 Å². The molecule has 0 spiro atoms. The minimum absolute atomic E-state index is 0.0609. The summed E-state index contributed by atoms with van der Waals surface area (Å²) in [6.45, 7) is 0. The van der Waals surface area contributed by atoms with Crippen LogP contribution in [0.1, 0.15) is 16.1 Å². The molecule has 2 rings (SSSR count). The maximum atomic E-state index is 14.2. The second kappa shape index (κ2) is 6.10. The third-order valence-corrected chi connectivity index (χ3v) is 5.10. The van der Waals surface area contributed by atoms with Gasteiger partial charge in [-0.3, -0.25) is 0 Å². The SMILES string of the molecule is Cn1c(Br)c(-c2cc(C(=O)O)c(Cl)cc2F)c(Br)c1C(F)(F)F. The van der Waals surface area contributed by atoms with Crippen LogP contribution in [-0.4, -0.2) is 15.6 Å². The van der Waals surface area contributed by atoms with Crippen molar-refractivity contribution in [3.05, 3.63) is 43.3 Å². The molecule has 0 unspecified atom stereocenters. The number of halogens is 7. The molecule has 124 valence electrons. The highest BCUT2D eigenvalue weighted by atomic mass is 79.9. The fraction of sp³-hybridized carbons (Fsp3) is 0.154. The first-order valence-corrected chi connectivity index (χ1v) is 7.76. The quantitative estimate of drug-likeness (QED) is 0.560. The number of hydrogen-bond donors (Lipinski definition) is 1. The normalized spacial score (nSPS) is 11.8. The summed E-state index contributed by atoms with van der Waals surface area (Å²) in [7, 11) is 1.15. The van der Waals surface area contributed by atoms with Gasteiger partial charge in [0.1, 0.15) is 11.5 Å². The molecular weight excluding hydrogens is 473 g/mol. The number of hydrogen-bond acceptors (Lipinski definition) is 1. The lowest BCUT2D eigenvalue weighted by Crippen LogP contribution is -2.11. The summed E-state index contributed by atoms with van der Waals surface area (Å²) in [5.74, 6) is -2.36. The number of aromatic carboxylic acids is 1. The molecule has 1 heterocycles. The molecule has 10 heteroatoms. The van der Waals surface area contributed by atoms with Gasteiger partial charge in [-0.25, -0.2) is 9.18 Å². The average Bonchev–Trinajstić information content (AvgIpc) is 2.60. The summed E-state index contributed by atoms with van der Waals surface area (Å²) in [5.41, 5.74) is -1.93. The van der Waals surface area contributed by atoms with Crippen LogP contribution in [0.15, 0.2) is 21.2 Å². The van der Waals surface area contributed by atoms with E-state index < -0.39 is 33.7 Å². The van der Waals surface area contributed by atoms with Crippen molar-refractivity contribution in [1.82, 2.24) is 4.57 Å².